The standard InChI is InChI=1S/C7H5Cl2N5/c1-14-3-4(12-13-14)7-10-5(8)2-6(9)11-7/h2-3H,1H3. The van der Waals surface area contributed by atoms with Crippen LogP contribution in [0.1, 0.15) is 0 Å². The molecule has 0 unspecified atom stereocenters. The third kappa shape index (κ3) is 1.83. The number of aryl methyl sites for hydroxylation is 1. The summed E-state index contributed by atoms with van der Waals surface area (Å²) in [6.07, 6.45) is 1.68. The summed E-state index contributed by atoms with van der Waals surface area (Å²) in [5.41, 5.74) is 0.539. The van der Waals surface area contributed by atoms with Crippen molar-refractivity contribution in [3.8, 4) is 11.5 Å². The molecule has 2 rings (SSSR count). The molecular weight excluding hydrogens is 225 g/mol. The first kappa shape index (κ1) is 9.36. The van der Waals surface area contributed by atoms with Gasteiger partial charge < -0.3 is 0 Å². The summed E-state index contributed by atoms with van der Waals surface area (Å²) in [6.45, 7) is 0. The number of hydrogen-bond donors (Lipinski definition) is 0. The molecule has 0 aliphatic heterocycles. The van der Waals surface area contributed by atoms with Gasteiger partial charge in [-0.05, 0) is 0 Å². The summed E-state index contributed by atoms with van der Waals surface area (Å²) in [4.78, 5) is 7.94. The molecule has 0 amide bonds. The van der Waals surface area contributed by atoms with Crippen LogP contribution in [0.2, 0.25) is 10.3 Å². The highest BCUT2D eigenvalue weighted by Gasteiger charge is 2.07. The van der Waals surface area contributed by atoms with Gasteiger partial charge in [-0.3, -0.25) is 4.68 Å². The van der Waals surface area contributed by atoms with Crippen LogP contribution in [0.4, 0.5) is 0 Å². The van der Waals surface area contributed by atoms with E-state index in [9.17, 15) is 0 Å². The van der Waals surface area contributed by atoms with E-state index >= 15 is 0 Å². The van der Waals surface area contributed by atoms with Crippen LogP contribution < -0.4 is 0 Å². The fraction of sp³-hybridized carbons (Fsp3) is 0.143. The van der Waals surface area contributed by atoms with E-state index < -0.39 is 0 Å². The quantitative estimate of drug-likeness (QED) is 0.698. The van der Waals surface area contributed by atoms with Crippen molar-refractivity contribution in [1.82, 2.24) is 25.0 Å². The van der Waals surface area contributed by atoms with Gasteiger partial charge in [-0.15, -0.1) is 5.10 Å². The highest BCUT2D eigenvalue weighted by Crippen LogP contribution is 2.17. The normalized spacial score (nSPS) is 10.5. The minimum absolute atomic E-state index is 0.283. The van der Waals surface area contributed by atoms with Crippen molar-refractivity contribution in [2.24, 2.45) is 7.05 Å². The Hall–Kier alpha value is -1.20. The zero-order chi connectivity index (χ0) is 10.1. The first-order chi connectivity index (χ1) is 6.65. The Morgan fingerprint density at radius 1 is 1.21 bits per heavy atom. The molecule has 0 saturated heterocycles. The Morgan fingerprint density at radius 2 is 1.86 bits per heavy atom. The molecular formula is C7H5Cl2N5. The molecule has 0 aromatic carbocycles. The van der Waals surface area contributed by atoms with Crippen LogP contribution >= 0.6 is 23.2 Å². The average Bonchev–Trinajstić information content (AvgIpc) is 2.50. The maximum Gasteiger partial charge on any atom is 0.184 e. The van der Waals surface area contributed by atoms with E-state index in [1.165, 1.54) is 6.07 Å². The lowest BCUT2D eigenvalue weighted by Crippen LogP contribution is -1.90. The van der Waals surface area contributed by atoms with Gasteiger partial charge in [0.05, 0.1) is 6.20 Å². The molecule has 0 bridgehead atoms. The Labute approximate surface area is 89.7 Å². The second-order valence-electron chi connectivity index (χ2n) is 2.61. The number of rotatable bonds is 1. The number of nitrogens with zero attached hydrogens (tertiary/aromatic N) is 5. The second kappa shape index (κ2) is 3.51. The number of hydrogen-bond acceptors (Lipinski definition) is 4. The van der Waals surface area contributed by atoms with E-state index in [2.05, 4.69) is 20.3 Å². The molecule has 2 aromatic heterocycles. The van der Waals surface area contributed by atoms with Crippen molar-refractivity contribution in [2.75, 3.05) is 0 Å². The maximum absolute atomic E-state index is 5.72. The Balaban J connectivity index is 2.51. The molecule has 7 heteroatoms. The first-order valence-electron chi connectivity index (χ1n) is 3.72. The SMILES string of the molecule is Cn1cc(-c2nc(Cl)cc(Cl)n2)nn1. The number of halogens is 2. The van der Waals surface area contributed by atoms with E-state index in [4.69, 9.17) is 23.2 Å². The van der Waals surface area contributed by atoms with E-state index in [0.29, 0.717) is 11.5 Å². The zero-order valence-corrected chi connectivity index (χ0v) is 8.66. The monoisotopic (exact) mass is 229 g/mol. The molecule has 2 heterocycles. The van der Waals surface area contributed by atoms with E-state index in [1.54, 1.807) is 17.9 Å². The summed E-state index contributed by atoms with van der Waals surface area (Å²) >= 11 is 11.4. The average molecular weight is 230 g/mol. The van der Waals surface area contributed by atoms with E-state index in [-0.39, 0.29) is 10.3 Å². The van der Waals surface area contributed by atoms with E-state index in [0.717, 1.165) is 0 Å². The second-order valence-corrected chi connectivity index (χ2v) is 3.39. The van der Waals surface area contributed by atoms with Crippen LogP contribution in [-0.4, -0.2) is 25.0 Å². The van der Waals surface area contributed by atoms with Crippen LogP contribution in [-0.2, 0) is 7.05 Å². The molecule has 14 heavy (non-hydrogen) atoms. The van der Waals surface area contributed by atoms with Crippen LogP contribution in [0.3, 0.4) is 0 Å². The van der Waals surface area contributed by atoms with Gasteiger partial charge in [-0.2, -0.15) is 0 Å². The fourth-order valence-corrected chi connectivity index (χ4v) is 1.38. The third-order valence-corrected chi connectivity index (χ3v) is 1.88. The lowest BCUT2D eigenvalue weighted by molar-refractivity contribution is 0.715. The van der Waals surface area contributed by atoms with Gasteiger partial charge in [0.25, 0.3) is 0 Å². The van der Waals surface area contributed by atoms with Crippen molar-refractivity contribution in [3.05, 3.63) is 22.6 Å². The van der Waals surface area contributed by atoms with Crippen LogP contribution in [0.5, 0.6) is 0 Å². The highest BCUT2D eigenvalue weighted by atomic mass is 35.5. The van der Waals surface area contributed by atoms with Gasteiger partial charge in [0.2, 0.25) is 0 Å². The molecule has 72 valence electrons. The molecule has 2 aromatic rings. The van der Waals surface area contributed by atoms with Crippen LogP contribution in [0.25, 0.3) is 11.5 Å². The van der Waals surface area contributed by atoms with E-state index in [1.807, 2.05) is 0 Å². The van der Waals surface area contributed by atoms with Gasteiger partial charge in [-0.1, -0.05) is 28.4 Å². The largest absolute Gasteiger partial charge is 0.255 e. The van der Waals surface area contributed by atoms with Crippen molar-refractivity contribution < 1.29 is 0 Å². The molecule has 5 nitrogen and oxygen atoms in total. The third-order valence-electron chi connectivity index (χ3n) is 1.50. The molecule has 0 radical (unpaired) electrons. The molecule has 0 fully saturated rings. The minimum Gasteiger partial charge on any atom is -0.255 e. The smallest absolute Gasteiger partial charge is 0.184 e. The molecule has 0 N–H and O–H groups in total. The predicted octanol–water partition coefficient (Wildman–Crippen LogP) is 1.58. The zero-order valence-electron chi connectivity index (χ0n) is 7.15. The fourth-order valence-electron chi connectivity index (χ4n) is 0.955. The lowest BCUT2D eigenvalue weighted by atomic mass is 10.4. The number of aromatic nitrogens is 5. The van der Waals surface area contributed by atoms with Gasteiger partial charge in [0, 0.05) is 13.1 Å². The minimum atomic E-state index is 0.283. The van der Waals surface area contributed by atoms with Crippen molar-refractivity contribution in [1.29, 1.82) is 0 Å². The summed E-state index contributed by atoms with van der Waals surface area (Å²) in [5.74, 6) is 0.371. The summed E-state index contributed by atoms with van der Waals surface area (Å²) in [6, 6.07) is 1.46. The van der Waals surface area contributed by atoms with Crippen LogP contribution in [0.15, 0.2) is 12.3 Å². The Kier molecular flexibility index (Phi) is 2.35. The predicted molar refractivity (Wildman–Crippen MR) is 52.0 cm³/mol. The van der Waals surface area contributed by atoms with Crippen molar-refractivity contribution in [3.63, 3.8) is 0 Å². The Morgan fingerprint density at radius 3 is 2.36 bits per heavy atom. The maximum atomic E-state index is 5.72. The van der Waals surface area contributed by atoms with Crippen LogP contribution in [0, 0.1) is 0 Å². The van der Waals surface area contributed by atoms with Gasteiger partial charge in [0.15, 0.2) is 5.82 Å². The molecule has 0 saturated carbocycles. The summed E-state index contributed by atoms with van der Waals surface area (Å²) in [5, 5.41) is 8.16. The van der Waals surface area contributed by atoms with Gasteiger partial charge >= 0.3 is 0 Å². The van der Waals surface area contributed by atoms with Crippen molar-refractivity contribution >= 4 is 23.2 Å². The highest BCUT2D eigenvalue weighted by molar-refractivity contribution is 6.33. The molecule has 0 aliphatic carbocycles. The molecule has 0 aliphatic rings. The first-order valence-corrected chi connectivity index (χ1v) is 4.47. The lowest BCUT2D eigenvalue weighted by Gasteiger charge is -1.95. The summed E-state index contributed by atoms with van der Waals surface area (Å²) in [7, 11) is 1.75. The summed E-state index contributed by atoms with van der Waals surface area (Å²) < 4.78 is 1.55. The molecule has 0 spiro atoms. The topological polar surface area (TPSA) is 56.5 Å². The van der Waals surface area contributed by atoms with Gasteiger partial charge in [-0.25, -0.2) is 9.97 Å². The van der Waals surface area contributed by atoms with Crippen molar-refractivity contribution in [2.45, 2.75) is 0 Å². The Bertz CT molecular complexity index is 447. The van der Waals surface area contributed by atoms with Gasteiger partial charge in [0.1, 0.15) is 16.0 Å². The molecule has 0 atom stereocenters.